The third kappa shape index (κ3) is 2.95. The second kappa shape index (κ2) is 4.79. The molecule has 0 fully saturated rings. The van der Waals surface area contributed by atoms with Gasteiger partial charge in [0.25, 0.3) is 0 Å². The predicted molar refractivity (Wildman–Crippen MR) is 54.9 cm³/mol. The monoisotopic (exact) mass is 210 g/mol. The highest BCUT2D eigenvalue weighted by Crippen LogP contribution is 2.27. The van der Waals surface area contributed by atoms with Crippen molar-refractivity contribution < 1.29 is 19.7 Å². The van der Waals surface area contributed by atoms with Gasteiger partial charge in [0.2, 0.25) is 0 Å². The van der Waals surface area contributed by atoms with Gasteiger partial charge in [0, 0.05) is 5.56 Å². The van der Waals surface area contributed by atoms with Gasteiger partial charge in [0.05, 0.1) is 19.6 Å². The first-order chi connectivity index (χ1) is 7.04. The maximum Gasteiger partial charge on any atom is 0.306 e. The zero-order valence-corrected chi connectivity index (χ0v) is 8.73. The SMILES string of the molecule is COc1cc(C)ccc1[C@H](O)CC(=O)O. The lowest BCUT2D eigenvalue weighted by molar-refractivity contribution is -0.139. The van der Waals surface area contributed by atoms with E-state index in [0.717, 1.165) is 5.56 Å². The summed E-state index contributed by atoms with van der Waals surface area (Å²) in [5, 5.41) is 18.2. The summed E-state index contributed by atoms with van der Waals surface area (Å²) in [6, 6.07) is 5.26. The van der Waals surface area contributed by atoms with E-state index < -0.39 is 12.1 Å². The van der Waals surface area contributed by atoms with Crippen LogP contribution in [0.4, 0.5) is 0 Å². The summed E-state index contributed by atoms with van der Waals surface area (Å²) in [5.74, 6) is -0.520. The number of ether oxygens (including phenoxy) is 1. The highest BCUT2D eigenvalue weighted by Gasteiger charge is 2.16. The van der Waals surface area contributed by atoms with Crippen LogP contribution in [-0.4, -0.2) is 23.3 Å². The Kier molecular flexibility index (Phi) is 3.68. The van der Waals surface area contributed by atoms with Crippen molar-refractivity contribution in [2.45, 2.75) is 19.4 Å². The van der Waals surface area contributed by atoms with Gasteiger partial charge >= 0.3 is 5.97 Å². The summed E-state index contributed by atoms with van der Waals surface area (Å²) >= 11 is 0. The van der Waals surface area contributed by atoms with Crippen LogP contribution in [0, 0.1) is 6.92 Å². The number of rotatable bonds is 4. The quantitative estimate of drug-likeness (QED) is 0.790. The summed E-state index contributed by atoms with van der Waals surface area (Å²) in [7, 11) is 1.49. The van der Waals surface area contributed by atoms with Crippen molar-refractivity contribution in [3.05, 3.63) is 29.3 Å². The third-order valence-electron chi connectivity index (χ3n) is 2.12. The molecule has 0 amide bonds. The minimum absolute atomic E-state index is 0.320. The number of carboxylic acids is 1. The van der Waals surface area contributed by atoms with Gasteiger partial charge in [-0.1, -0.05) is 12.1 Å². The smallest absolute Gasteiger partial charge is 0.306 e. The van der Waals surface area contributed by atoms with Gasteiger partial charge in [-0.15, -0.1) is 0 Å². The van der Waals surface area contributed by atoms with Gasteiger partial charge in [-0.25, -0.2) is 0 Å². The molecule has 15 heavy (non-hydrogen) atoms. The average molecular weight is 210 g/mol. The Bertz CT molecular complexity index is 360. The Hall–Kier alpha value is -1.55. The van der Waals surface area contributed by atoms with E-state index in [2.05, 4.69) is 0 Å². The van der Waals surface area contributed by atoms with Gasteiger partial charge in [-0.05, 0) is 18.6 Å². The summed E-state index contributed by atoms with van der Waals surface area (Å²) in [6.45, 7) is 1.90. The lowest BCUT2D eigenvalue weighted by Crippen LogP contribution is -2.07. The molecule has 4 heteroatoms. The van der Waals surface area contributed by atoms with E-state index in [1.54, 1.807) is 12.1 Å². The first-order valence-electron chi connectivity index (χ1n) is 4.59. The maximum absolute atomic E-state index is 10.4. The first-order valence-corrected chi connectivity index (χ1v) is 4.59. The molecule has 0 aliphatic heterocycles. The van der Waals surface area contributed by atoms with E-state index in [4.69, 9.17) is 9.84 Å². The third-order valence-corrected chi connectivity index (χ3v) is 2.12. The minimum Gasteiger partial charge on any atom is -0.496 e. The number of aliphatic carboxylic acids is 1. The van der Waals surface area contributed by atoms with Crippen molar-refractivity contribution in [2.75, 3.05) is 7.11 Å². The molecule has 1 rings (SSSR count). The van der Waals surface area contributed by atoms with Crippen LogP contribution >= 0.6 is 0 Å². The molecule has 0 spiro atoms. The highest BCUT2D eigenvalue weighted by molar-refractivity contribution is 5.68. The number of carboxylic acid groups (broad SMARTS) is 1. The van der Waals surface area contributed by atoms with Gasteiger partial charge in [0.15, 0.2) is 0 Å². The molecule has 0 aliphatic carbocycles. The van der Waals surface area contributed by atoms with Crippen LogP contribution in [0.15, 0.2) is 18.2 Å². The molecule has 82 valence electrons. The molecule has 0 radical (unpaired) electrons. The second-order valence-electron chi connectivity index (χ2n) is 3.36. The number of hydrogen-bond donors (Lipinski definition) is 2. The molecular weight excluding hydrogens is 196 g/mol. The van der Waals surface area contributed by atoms with Crippen molar-refractivity contribution in [3.63, 3.8) is 0 Å². The zero-order valence-electron chi connectivity index (χ0n) is 8.73. The molecule has 2 N–H and O–H groups in total. The Labute approximate surface area is 88.1 Å². The topological polar surface area (TPSA) is 66.8 Å². The second-order valence-corrected chi connectivity index (χ2v) is 3.36. The van der Waals surface area contributed by atoms with Crippen LogP contribution < -0.4 is 4.74 Å². The number of aliphatic hydroxyl groups is 1. The fraction of sp³-hybridized carbons (Fsp3) is 0.364. The predicted octanol–water partition coefficient (Wildman–Crippen LogP) is 1.51. The van der Waals surface area contributed by atoms with Crippen LogP contribution in [0.3, 0.4) is 0 Å². The van der Waals surface area contributed by atoms with Crippen molar-refractivity contribution >= 4 is 5.97 Å². The van der Waals surface area contributed by atoms with E-state index in [1.807, 2.05) is 13.0 Å². The zero-order chi connectivity index (χ0) is 11.4. The van der Waals surface area contributed by atoms with E-state index in [-0.39, 0.29) is 6.42 Å². The Balaban J connectivity index is 2.97. The summed E-state index contributed by atoms with van der Waals surface area (Å²) in [5.41, 5.74) is 1.50. The lowest BCUT2D eigenvalue weighted by atomic mass is 10.0. The lowest BCUT2D eigenvalue weighted by Gasteiger charge is -2.13. The van der Waals surface area contributed by atoms with Crippen molar-refractivity contribution in [1.29, 1.82) is 0 Å². The fourth-order valence-electron chi connectivity index (χ4n) is 1.37. The number of hydrogen-bond acceptors (Lipinski definition) is 3. The Morgan fingerprint density at radius 2 is 2.20 bits per heavy atom. The molecule has 0 unspecified atom stereocenters. The van der Waals surface area contributed by atoms with Gasteiger partial charge in [0.1, 0.15) is 5.75 Å². The highest BCUT2D eigenvalue weighted by atomic mass is 16.5. The van der Waals surface area contributed by atoms with Crippen LogP contribution in [0.1, 0.15) is 23.7 Å². The van der Waals surface area contributed by atoms with E-state index in [1.165, 1.54) is 7.11 Å². The molecule has 0 saturated carbocycles. The molecule has 0 bridgehead atoms. The van der Waals surface area contributed by atoms with Crippen molar-refractivity contribution in [1.82, 2.24) is 0 Å². The minimum atomic E-state index is -1.04. The van der Waals surface area contributed by atoms with Gasteiger partial charge < -0.3 is 14.9 Å². The number of benzene rings is 1. The van der Waals surface area contributed by atoms with E-state index >= 15 is 0 Å². The van der Waals surface area contributed by atoms with E-state index in [0.29, 0.717) is 11.3 Å². The molecule has 0 heterocycles. The average Bonchev–Trinajstić information content (AvgIpc) is 2.16. The normalized spacial score (nSPS) is 12.2. The van der Waals surface area contributed by atoms with Crippen molar-refractivity contribution in [2.24, 2.45) is 0 Å². The van der Waals surface area contributed by atoms with Crippen LogP contribution in [0.25, 0.3) is 0 Å². The van der Waals surface area contributed by atoms with Gasteiger partial charge in [-0.3, -0.25) is 4.79 Å². The Morgan fingerprint density at radius 1 is 1.53 bits per heavy atom. The molecule has 0 aromatic heterocycles. The van der Waals surface area contributed by atoms with Crippen LogP contribution in [0.5, 0.6) is 5.75 Å². The number of aryl methyl sites for hydroxylation is 1. The summed E-state index contributed by atoms with van der Waals surface area (Å²) < 4.78 is 5.08. The molecule has 1 aromatic rings. The van der Waals surface area contributed by atoms with Gasteiger partial charge in [-0.2, -0.15) is 0 Å². The van der Waals surface area contributed by atoms with Crippen molar-refractivity contribution in [3.8, 4) is 5.75 Å². The van der Waals surface area contributed by atoms with E-state index in [9.17, 15) is 9.90 Å². The number of carbonyl (C=O) groups is 1. The maximum atomic E-state index is 10.4. The number of methoxy groups -OCH3 is 1. The van der Waals surface area contributed by atoms with Crippen LogP contribution in [-0.2, 0) is 4.79 Å². The molecule has 0 aliphatic rings. The molecule has 0 saturated heterocycles. The Morgan fingerprint density at radius 3 is 2.73 bits per heavy atom. The molecule has 1 aromatic carbocycles. The van der Waals surface area contributed by atoms with Crippen LogP contribution in [0.2, 0.25) is 0 Å². The molecular formula is C11H14O4. The largest absolute Gasteiger partial charge is 0.496 e. The number of aliphatic hydroxyl groups excluding tert-OH is 1. The first kappa shape index (κ1) is 11.5. The standard InChI is InChI=1S/C11H14O4/c1-7-3-4-8(10(5-7)15-2)9(12)6-11(13)14/h3-5,9,12H,6H2,1-2H3,(H,13,14)/t9-/m1/s1. The fourth-order valence-corrected chi connectivity index (χ4v) is 1.37. The summed E-state index contributed by atoms with van der Waals surface area (Å²) in [4.78, 5) is 10.4. The summed E-state index contributed by atoms with van der Waals surface area (Å²) in [6.07, 6.45) is -1.35. The molecule has 1 atom stereocenters. The molecule has 4 nitrogen and oxygen atoms in total.